The zero-order chi connectivity index (χ0) is 16.3. The van der Waals surface area contributed by atoms with Gasteiger partial charge in [0.15, 0.2) is 5.69 Å². The molecule has 22 heavy (non-hydrogen) atoms. The van der Waals surface area contributed by atoms with Crippen molar-refractivity contribution in [1.29, 1.82) is 0 Å². The Morgan fingerprint density at radius 2 is 2.23 bits per heavy atom. The maximum absolute atomic E-state index is 12.1. The van der Waals surface area contributed by atoms with Gasteiger partial charge in [-0.2, -0.15) is 5.10 Å². The molecule has 5 nitrogen and oxygen atoms in total. The highest BCUT2D eigenvalue weighted by molar-refractivity contribution is 5.93. The molecule has 1 aliphatic carbocycles. The molecular formula is C17H28N4O. The second kappa shape index (κ2) is 7.09. The molecule has 0 bridgehead atoms. The smallest absolute Gasteiger partial charge is 0.271 e. The van der Waals surface area contributed by atoms with Crippen LogP contribution in [-0.4, -0.2) is 46.8 Å². The number of likely N-dealkylation sites (N-methyl/N-ethyl adjacent to an activating group) is 1. The number of nitrogens with one attached hydrogen (secondary N) is 1. The Morgan fingerprint density at radius 3 is 2.77 bits per heavy atom. The molecule has 0 spiro atoms. The van der Waals surface area contributed by atoms with Gasteiger partial charge >= 0.3 is 0 Å². The molecule has 0 unspecified atom stereocenters. The summed E-state index contributed by atoms with van der Waals surface area (Å²) in [4.78, 5) is 14.6. The molecule has 1 aliphatic rings. The summed E-state index contributed by atoms with van der Waals surface area (Å²) < 4.78 is 1.99. The van der Waals surface area contributed by atoms with E-state index < -0.39 is 0 Å². The topological polar surface area (TPSA) is 50.2 Å². The number of fused-ring (bicyclic) bond motifs is 1. The summed E-state index contributed by atoms with van der Waals surface area (Å²) in [6.45, 7) is 13.1. The van der Waals surface area contributed by atoms with Gasteiger partial charge in [0.2, 0.25) is 0 Å². The van der Waals surface area contributed by atoms with E-state index in [0.29, 0.717) is 11.7 Å². The zero-order valence-corrected chi connectivity index (χ0v) is 14.3. The first-order valence-corrected chi connectivity index (χ1v) is 8.20. The van der Waals surface area contributed by atoms with Crippen molar-refractivity contribution in [2.24, 2.45) is 0 Å². The van der Waals surface area contributed by atoms with Crippen LogP contribution >= 0.6 is 0 Å². The van der Waals surface area contributed by atoms with E-state index >= 15 is 0 Å². The number of hydrogen-bond acceptors (Lipinski definition) is 3. The highest BCUT2D eigenvalue weighted by atomic mass is 16.1. The van der Waals surface area contributed by atoms with Crippen molar-refractivity contribution in [3.05, 3.63) is 29.1 Å². The number of carbonyl (C=O) groups is 1. The van der Waals surface area contributed by atoms with Crippen molar-refractivity contribution in [2.75, 3.05) is 20.1 Å². The number of carbonyl (C=O) groups excluding carboxylic acids is 1. The molecule has 2 rings (SSSR count). The van der Waals surface area contributed by atoms with Crippen molar-refractivity contribution in [3.8, 4) is 0 Å². The van der Waals surface area contributed by atoms with Crippen LogP contribution in [0.3, 0.4) is 0 Å². The molecule has 1 aromatic heterocycles. The molecule has 0 aliphatic heterocycles. The van der Waals surface area contributed by atoms with Gasteiger partial charge in [-0.25, -0.2) is 0 Å². The van der Waals surface area contributed by atoms with Gasteiger partial charge in [-0.15, -0.1) is 0 Å². The van der Waals surface area contributed by atoms with Crippen LogP contribution in [0.1, 0.15) is 48.9 Å². The van der Waals surface area contributed by atoms with Gasteiger partial charge in [-0.1, -0.05) is 19.1 Å². The van der Waals surface area contributed by atoms with Crippen LogP contribution in [0.15, 0.2) is 12.2 Å². The van der Waals surface area contributed by atoms with Gasteiger partial charge in [0, 0.05) is 37.4 Å². The minimum Gasteiger partial charge on any atom is -0.354 e. The Morgan fingerprint density at radius 1 is 1.50 bits per heavy atom. The predicted molar refractivity (Wildman–Crippen MR) is 89.2 cm³/mol. The van der Waals surface area contributed by atoms with Crippen LogP contribution in [0.25, 0.3) is 0 Å². The lowest BCUT2D eigenvalue weighted by Crippen LogP contribution is -2.40. The summed E-state index contributed by atoms with van der Waals surface area (Å²) in [6.07, 6.45) is 3.01. The third kappa shape index (κ3) is 3.24. The van der Waals surface area contributed by atoms with Gasteiger partial charge in [-0.3, -0.25) is 14.4 Å². The van der Waals surface area contributed by atoms with Gasteiger partial charge in [0.25, 0.3) is 5.91 Å². The van der Waals surface area contributed by atoms with Gasteiger partial charge < -0.3 is 5.32 Å². The van der Waals surface area contributed by atoms with Crippen molar-refractivity contribution >= 4 is 5.91 Å². The summed E-state index contributed by atoms with van der Waals surface area (Å²) >= 11 is 0. The molecule has 0 fully saturated rings. The summed E-state index contributed by atoms with van der Waals surface area (Å²) in [5.74, 6) is -0.0768. The van der Waals surface area contributed by atoms with Crippen LogP contribution in [0.2, 0.25) is 0 Å². The largest absolute Gasteiger partial charge is 0.354 e. The van der Waals surface area contributed by atoms with E-state index in [0.717, 1.165) is 44.5 Å². The molecule has 1 aromatic rings. The van der Waals surface area contributed by atoms with E-state index in [1.165, 1.54) is 11.3 Å². The maximum atomic E-state index is 12.1. The molecule has 0 saturated heterocycles. The van der Waals surface area contributed by atoms with Crippen LogP contribution in [0.4, 0.5) is 0 Å². The van der Waals surface area contributed by atoms with Crippen molar-refractivity contribution in [2.45, 2.75) is 52.6 Å². The van der Waals surface area contributed by atoms with Crippen LogP contribution < -0.4 is 5.32 Å². The number of amides is 1. The summed E-state index contributed by atoms with van der Waals surface area (Å²) in [5, 5.41) is 7.25. The monoisotopic (exact) mass is 304 g/mol. The first-order valence-electron chi connectivity index (χ1n) is 8.20. The summed E-state index contributed by atoms with van der Waals surface area (Å²) in [7, 11) is 1.67. The molecule has 1 atom stereocenters. The first kappa shape index (κ1) is 16.7. The molecule has 1 amide bonds. The lowest BCUT2D eigenvalue weighted by Gasteiger charge is -2.34. The van der Waals surface area contributed by atoms with E-state index in [1.807, 2.05) is 4.68 Å². The Bertz CT molecular complexity index is 561. The normalized spacial score (nSPS) is 17.4. The Balaban J connectivity index is 2.29. The summed E-state index contributed by atoms with van der Waals surface area (Å²) in [6, 6.07) is 0.465. The molecular weight excluding hydrogens is 276 g/mol. The van der Waals surface area contributed by atoms with E-state index in [1.54, 1.807) is 7.05 Å². The predicted octanol–water partition coefficient (Wildman–Crippen LogP) is 2.02. The fraction of sp³-hybridized carbons (Fsp3) is 0.647. The second-order valence-electron chi connectivity index (χ2n) is 6.09. The minimum atomic E-state index is -0.0768. The fourth-order valence-electron chi connectivity index (χ4n) is 3.39. The average molecular weight is 304 g/mol. The second-order valence-corrected chi connectivity index (χ2v) is 6.09. The standard InChI is InChI=1S/C17H28N4O/c1-6-20(11-12(3)4)13-8-9-15-14(10-13)16(17(22)18-5)19-21(15)7-2/h13H,3,6-11H2,1-2,4-5H3,(H,18,22)/t13-/m0/s1. The van der Waals surface area contributed by atoms with Crippen molar-refractivity contribution in [3.63, 3.8) is 0 Å². The molecule has 0 radical (unpaired) electrons. The van der Waals surface area contributed by atoms with Gasteiger partial charge in [0.05, 0.1) is 0 Å². The highest BCUT2D eigenvalue weighted by Gasteiger charge is 2.30. The van der Waals surface area contributed by atoms with Crippen molar-refractivity contribution in [1.82, 2.24) is 20.0 Å². The van der Waals surface area contributed by atoms with Crippen LogP contribution in [0.5, 0.6) is 0 Å². The molecule has 5 heteroatoms. The Kier molecular flexibility index (Phi) is 5.40. The number of aryl methyl sites for hydroxylation is 1. The number of nitrogens with zero attached hydrogens (tertiary/aromatic N) is 3. The van der Waals surface area contributed by atoms with E-state index in [9.17, 15) is 4.79 Å². The Hall–Kier alpha value is -1.62. The molecule has 0 saturated carbocycles. The minimum absolute atomic E-state index is 0.0768. The van der Waals surface area contributed by atoms with E-state index in [-0.39, 0.29) is 5.91 Å². The molecule has 122 valence electrons. The highest BCUT2D eigenvalue weighted by Crippen LogP contribution is 2.28. The third-order valence-corrected chi connectivity index (χ3v) is 4.46. The van der Waals surface area contributed by atoms with E-state index in [4.69, 9.17) is 0 Å². The van der Waals surface area contributed by atoms with E-state index in [2.05, 4.69) is 42.7 Å². The SMILES string of the molecule is C=C(C)CN(CC)[C@H]1CCc2c(c(C(=O)NC)nn2CC)C1. The van der Waals surface area contributed by atoms with Crippen LogP contribution in [-0.2, 0) is 19.4 Å². The zero-order valence-electron chi connectivity index (χ0n) is 14.3. The molecule has 1 heterocycles. The van der Waals surface area contributed by atoms with Gasteiger partial charge in [-0.05, 0) is 39.7 Å². The van der Waals surface area contributed by atoms with Gasteiger partial charge in [0.1, 0.15) is 0 Å². The number of hydrogen-bond donors (Lipinski definition) is 1. The first-order chi connectivity index (χ1) is 10.5. The number of aromatic nitrogens is 2. The maximum Gasteiger partial charge on any atom is 0.271 e. The lowest BCUT2D eigenvalue weighted by atomic mass is 9.90. The molecule has 0 aromatic carbocycles. The average Bonchev–Trinajstić information content (AvgIpc) is 2.89. The van der Waals surface area contributed by atoms with Crippen molar-refractivity contribution < 1.29 is 4.79 Å². The number of rotatable bonds is 6. The lowest BCUT2D eigenvalue weighted by molar-refractivity contribution is 0.0955. The summed E-state index contributed by atoms with van der Waals surface area (Å²) in [5.41, 5.74) is 4.17. The quantitative estimate of drug-likeness (QED) is 0.818. The fourth-order valence-corrected chi connectivity index (χ4v) is 3.39. The molecule has 1 N–H and O–H groups in total. The Labute approximate surface area is 133 Å². The van der Waals surface area contributed by atoms with Crippen LogP contribution in [0, 0.1) is 0 Å². The third-order valence-electron chi connectivity index (χ3n) is 4.46.